The molecule has 0 spiro atoms. The van der Waals surface area contributed by atoms with Crippen LogP contribution >= 0.6 is 11.3 Å². The van der Waals surface area contributed by atoms with E-state index in [0.29, 0.717) is 22.9 Å². The lowest BCUT2D eigenvalue weighted by Crippen LogP contribution is -2.49. The molecule has 222 valence electrons. The predicted molar refractivity (Wildman–Crippen MR) is 164 cm³/mol. The molecule has 0 saturated carbocycles. The van der Waals surface area contributed by atoms with Gasteiger partial charge in [0.25, 0.3) is 0 Å². The van der Waals surface area contributed by atoms with Gasteiger partial charge in [-0.05, 0) is 33.1 Å². The van der Waals surface area contributed by atoms with E-state index < -0.39 is 0 Å². The van der Waals surface area contributed by atoms with E-state index in [9.17, 15) is 4.79 Å². The highest BCUT2D eigenvalue weighted by Crippen LogP contribution is 2.42. The largest absolute Gasteiger partial charge is 0.493 e. The van der Waals surface area contributed by atoms with Crippen LogP contribution in [-0.4, -0.2) is 84.4 Å². The number of fused-ring (bicyclic) bond motifs is 3. The topological polar surface area (TPSA) is 107 Å². The van der Waals surface area contributed by atoms with Crippen LogP contribution in [0.5, 0.6) is 17.2 Å². The summed E-state index contributed by atoms with van der Waals surface area (Å²) in [6.07, 6.45) is 5.04. The molecule has 12 heteroatoms. The Morgan fingerprint density at radius 2 is 1.71 bits per heavy atom. The first kappa shape index (κ1) is 28.2. The van der Waals surface area contributed by atoms with Crippen molar-refractivity contribution >= 4 is 39.8 Å². The Kier molecular flexibility index (Phi) is 7.91. The molecule has 0 unspecified atom stereocenters. The molecule has 1 aromatic carbocycles. The molecular formula is C30H37N7O4S. The van der Waals surface area contributed by atoms with E-state index in [1.165, 1.54) is 22.6 Å². The Morgan fingerprint density at radius 3 is 2.36 bits per heavy atom. The van der Waals surface area contributed by atoms with Crippen LogP contribution in [0.4, 0.5) is 11.5 Å². The van der Waals surface area contributed by atoms with Gasteiger partial charge in [-0.1, -0.05) is 0 Å². The molecule has 6 rings (SSSR count). The molecule has 1 saturated heterocycles. The summed E-state index contributed by atoms with van der Waals surface area (Å²) in [7, 11) is 4.66. The van der Waals surface area contributed by atoms with Crippen molar-refractivity contribution in [2.24, 2.45) is 0 Å². The molecule has 0 atom stereocenters. The summed E-state index contributed by atoms with van der Waals surface area (Å²) in [5, 5.41) is 4.03. The molecule has 11 nitrogen and oxygen atoms in total. The molecule has 2 aliphatic rings. The van der Waals surface area contributed by atoms with Crippen molar-refractivity contribution in [3.8, 4) is 27.8 Å². The van der Waals surface area contributed by atoms with E-state index >= 15 is 0 Å². The molecule has 2 aliphatic heterocycles. The molecule has 0 radical (unpaired) electrons. The third-order valence-electron chi connectivity index (χ3n) is 8.20. The van der Waals surface area contributed by atoms with Gasteiger partial charge in [0, 0.05) is 61.1 Å². The highest BCUT2D eigenvalue weighted by atomic mass is 32.1. The number of methoxy groups -OCH3 is 3. The van der Waals surface area contributed by atoms with Crippen LogP contribution in [0.25, 0.3) is 21.6 Å². The van der Waals surface area contributed by atoms with Crippen molar-refractivity contribution in [1.82, 2.24) is 24.4 Å². The minimum Gasteiger partial charge on any atom is -0.493 e. The minimum absolute atomic E-state index is 0.0958. The van der Waals surface area contributed by atoms with Gasteiger partial charge in [-0.2, -0.15) is 0 Å². The summed E-state index contributed by atoms with van der Waals surface area (Å²) in [4.78, 5) is 33.2. The molecule has 42 heavy (non-hydrogen) atoms. The number of hydrogen-bond acceptors (Lipinski definition) is 10. The van der Waals surface area contributed by atoms with Gasteiger partial charge in [-0.3, -0.25) is 9.69 Å². The fourth-order valence-corrected chi connectivity index (χ4v) is 6.97. The van der Waals surface area contributed by atoms with Gasteiger partial charge < -0.3 is 29.0 Å². The lowest BCUT2D eigenvalue weighted by Gasteiger charge is -2.35. The highest BCUT2D eigenvalue weighted by Gasteiger charge is 2.29. The summed E-state index contributed by atoms with van der Waals surface area (Å²) in [6, 6.07) is 3.47. The molecule has 4 aromatic rings. The van der Waals surface area contributed by atoms with Crippen molar-refractivity contribution in [3.05, 3.63) is 34.7 Å². The van der Waals surface area contributed by atoms with Crippen LogP contribution in [0.3, 0.4) is 0 Å². The number of carbonyl (C=O) groups excluding carboxylic acids is 1. The number of nitrogens with zero attached hydrogens (tertiary/aromatic N) is 6. The van der Waals surface area contributed by atoms with Gasteiger partial charge in [0.2, 0.25) is 11.7 Å². The Bertz CT molecular complexity index is 1580. The van der Waals surface area contributed by atoms with Crippen molar-refractivity contribution < 1.29 is 19.0 Å². The Labute approximate surface area is 249 Å². The fourth-order valence-electron chi connectivity index (χ4n) is 5.99. The van der Waals surface area contributed by atoms with Gasteiger partial charge >= 0.3 is 0 Å². The fraction of sp³-hybridized carbons (Fsp3) is 0.467. The van der Waals surface area contributed by atoms with Crippen LogP contribution in [0.2, 0.25) is 0 Å². The van der Waals surface area contributed by atoms with Gasteiger partial charge in [0.05, 0.1) is 39.1 Å². The van der Waals surface area contributed by atoms with Gasteiger partial charge in [-0.25, -0.2) is 15.0 Å². The number of benzene rings is 1. The summed E-state index contributed by atoms with van der Waals surface area (Å²) < 4.78 is 18.7. The van der Waals surface area contributed by atoms with E-state index in [0.717, 1.165) is 73.1 Å². The quantitative estimate of drug-likeness (QED) is 0.321. The molecule has 1 amide bonds. The van der Waals surface area contributed by atoms with Gasteiger partial charge in [0.15, 0.2) is 17.3 Å². The number of anilines is 2. The number of hydrogen-bond donors (Lipinski definition) is 1. The predicted octanol–water partition coefficient (Wildman–Crippen LogP) is 4.29. The molecule has 5 heterocycles. The van der Waals surface area contributed by atoms with Crippen LogP contribution < -0.4 is 24.4 Å². The highest BCUT2D eigenvalue weighted by molar-refractivity contribution is 7.15. The van der Waals surface area contributed by atoms with E-state index in [4.69, 9.17) is 29.2 Å². The van der Waals surface area contributed by atoms with Gasteiger partial charge in [-0.15, -0.1) is 11.3 Å². The Balaban J connectivity index is 1.18. The number of aromatic nitrogens is 4. The lowest BCUT2D eigenvalue weighted by atomic mass is 10.1. The number of piperazine rings is 1. The van der Waals surface area contributed by atoms with E-state index in [2.05, 4.69) is 33.5 Å². The molecule has 1 N–H and O–H groups in total. The molecule has 0 bridgehead atoms. The average molecular weight is 592 g/mol. The van der Waals surface area contributed by atoms with Crippen molar-refractivity contribution in [3.63, 3.8) is 0 Å². The second-order valence-corrected chi connectivity index (χ2v) is 11.9. The van der Waals surface area contributed by atoms with E-state index in [-0.39, 0.29) is 12.5 Å². The first-order valence-electron chi connectivity index (χ1n) is 14.3. The number of aryl methyl sites for hydroxylation is 3. The third kappa shape index (κ3) is 5.13. The maximum atomic E-state index is 13.0. The normalized spacial score (nSPS) is 15.5. The SMILES string of the molecule is COc1cc(NC(=O)CN2CCN(c3ncnc4c(-c5nc(C)c(C)s5)c5n(c34)CCCC5)CC2)cc(OC)c1OC. The number of amides is 1. The zero-order valence-electron chi connectivity index (χ0n) is 24.8. The smallest absolute Gasteiger partial charge is 0.238 e. The molecule has 0 aliphatic carbocycles. The Hall–Kier alpha value is -3.90. The van der Waals surface area contributed by atoms with Crippen molar-refractivity contribution in [1.29, 1.82) is 0 Å². The molecule has 3 aromatic heterocycles. The Morgan fingerprint density at radius 1 is 0.976 bits per heavy atom. The first-order valence-corrected chi connectivity index (χ1v) is 15.1. The van der Waals surface area contributed by atoms with E-state index in [1.54, 1.807) is 51.1 Å². The summed E-state index contributed by atoms with van der Waals surface area (Å²) in [5.41, 5.74) is 6.29. The monoisotopic (exact) mass is 591 g/mol. The maximum Gasteiger partial charge on any atom is 0.238 e. The van der Waals surface area contributed by atoms with Crippen LogP contribution in [0.1, 0.15) is 29.1 Å². The van der Waals surface area contributed by atoms with Crippen LogP contribution in [0.15, 0.2) is 18.5 Å². The number of thiazole rings is 1. The van der Waals surface area contributed by atoms with Crippen LogP contribution in [-0.2, 0) is 17.8 Å². The number of ether oxygens (including phenoxy) is 3. The average Bonchev–Trinajstić information content (AvgIpc) is 3.52. The zero-order chi connectivity index (χ0) is 29.4. The van der Waals surface area contributed by atoms with Crippen LogP contribution in [0, 0.1) is 13.8 Å². The molecular weight excluding hydrogens is 554 g/mol. The minimum atomic E-state index is -0.0958. The molecule has 1 fully saturated rings. The number of rotatable bonds is 8. The number of carbonyl (C=O) groups is 1. The summed E-state index contributed by atoms with van der Waals surface area (Å²) in [6.45, 7) is 8.51. The first-order chi connectivity index (χ1) is 20.4. The third-order valence-corrected chi connectivity index (χ3v) is 9.29. The second kappa shape index (κ2) is 11.8. The zero-order valence-corrected chi connectivity index (χ0v) is 25.6. The lowest BCUT2D eigenvalue weighted by molar-refractivity contribution is -0.117. The van der Waals surface area contributed by atoms with E-state index in [1.807, 2.05) is 0 Å². The number of nitrogens with one attached hydrogen (secondary N) is 1. The van der Waals surface area contributed by atoms with Crippen molar-refractivity contribution in [2.75, 3.05) is 64.3 Å². The van der Waals surface area contributed by atoms with Crippen molar-refractivity contribution in [2.45, 2.75) is 39.7 Å². The second-order valence-electron chi connectivity index (χ2n) is 10.7. The summed E-state index contributed by atoms with van der Waals surface area (Å²) in [5.74, 6) is 2.35. The maximum absolute atomic E-state index is 13.0. The van der Waals surface area contributed by atoms with Gasteiger partial charge in [0.1, 0.15) is 22.4 Å². The summed E-state index contributed by atoms with van der Waals surface area (Å²) >= 11 is 1.75. The standard InChI is InChI=1S/C30H37N7O4S/c1-18-19(2)42-30(33-18)25-21-8-6-7-9-37(21)27-26(25)31-17-32-29(27)36-12-10-35(11-13-36)16-24(38)34-20-14-22(39-3)28(41-5)23(15-20)40-4/h14-15,17H,6-13,16H2,1-5H3,(H,34,38).